The van der Waals surface area contributed by atoms with E-state index >= 15 is 0 Å². The van der Waals surface area contributed by atoms with Gasteiger partial charge in [-0.25, -0.2) is 4.99 Å². The molecule has 0 aliphatic rings. The van der Waals surface area contributed by atoms with Crippen molar-refractivity contribution in [3.8, 4) is 5.69 Å². The van der Waals surface area contributed by atoms with Crippen LogP contribution in [-0.2, 0) is 6.42 Å². The van der Waals surface area contributed by atoms with Crippen molar-refractivity contribution in [1.82, 2.24) is 4.57 Å². The van der Waals surface area contributed by atoms with Gasteiger partial charge in [0, 0.05) is 43.6 Å². The molecule has 2 N–H and O–H groups in total. The number of benzene rings is 8. The number of hydrogen-bond donors (Lipinski definition) is 1. The van der Waals surface area contributed by atoms with E-state index in [1.165, 1.54) is 21.7 Å². The quantitative estimate of drug-likeness (QED) is 0.115. The summed E-state index contributed by atoms with van der Waals surface area (Å²) in [4.78, 5) is 4.98. The number of amidine groups is 1. The van der Waals surface area contributed by atoms with E-state index in [-0.39, 0.29) is 0 Å². The lowest BCUT2D eigenvalue weighted by atomic mass is 9.97. The second kappa shape index (κ2) is 11.2. The van der Waals surface area contributed by atoms with Crippen LogP contribution in [0.5, 0.6) is 0 Å². The Bertz CT molecular complexity index is 2970. The van der Waals surface area contributed by atoms with Crippen LogP contribution in [0, 0.1) is 0 Å². The molecule has 0 radical (unpaired) electrons. The fourth-order valence-corrected chi connectivity index (χ4v) is 7.72. The Morgan fingerprint density at radius 3 is 2.18 bits per heavy atom. The van der Waals surface area contributed by atoms with Gasteiger partial charge in [-0.1, -0.05) is 127 Å². The zero-order chi connectivity index (χ0) is 33.2. The molecule has 0 saturated heterocycles. The van der Waals surface area contributed by atoms with Gasteiger partial charge in [-0.2, -0.15) is 0 Å². The van der Waals surface area contributed by atoms with E-state index in [9.17, 15) is 0 Å². The molecule has 8 aromatic carbocycles. The van der Waals surface area contributed by atoms with Gasteiger partial charge in [0.2, 0.25) is 0 Å². The first-order chi connectivity index (χ1) is 24.7. The van der Waals surface area contributed by atoms with Gasteiger partial charge in [0.05, 0.1) is 16.7 Å². The maximum atomic E-state index is 6.80. The summed E-state index contributed by atoms with van der Waals surface area (Å²) in [6, 6.07) is 57.4. The van der Waals surface area contributed by atoms with Crippen LogP contribution in [0.3, 0.4) is 0 Å². The minimum atomic E-state index is 0.483. The molecular weight excluding hydrogens is 611 g/mol. The van der Waals surface area contributed by atoms with Crippen molar-refractivity contribution in [3.63, 3.8) is 0 Å². The van der Waals surface area contributed by atoms with Crippen molar-refractivity contribution in [1.29, 1.82) is 0 Å². The van der Waals surface area contributed by atoms with Crippen LogP contribution >= 0.6 is 0 Å². The van der Waals surface area contributed by atoms with Gasteiger partial charge in [-0.3, -0.25) is 0 Å². The molecule has 2 aromatic heterocycles. The van der Waals surface area contributed by atoms with Gasteiger partial charge in [-0.05, 0) is 64.7 Å². The van der Waals surface area contributed by atoms with E-state index in [2.05, 4.69) is 132 Å². The van der Waals surface area contributed by atoms with E-state index < -0.39 is 0 Å². The van der Waals surface area contributed by atoms with Crippen LogP contribution in [0.1, 0.15) is 16.7 Å². The molecule has 4 heteroatoms. The summed E-state index contributed by atoms with van der Waals surface area (Å²) in [6.07, 6.45) is 0.789. The van der Waals surface area contributed by atoms with Crippen molar-refractivity contribution in [2.24, 2.45) is 10.7 Å². The van der Waals surface area contributed by atoms with E-state index in [4.69, 9.17) is 15.1 Å². The summed E-state index contributed by atoms with van der Waals surface area (Å²) in [7, 11) is 0. The third-order valence-corrected chi connectivity index (χ3v) is 10.0. The first-order valence-electron chi connectivity index (χ1n) is 17.0. The van der Waals surface area contributed by atoms with Gasteiger partial charge in [0.15, 0.2) is 0 Å². The third-order valence-electron chi connectivity index (χ3n) is 10.0. The van der Waals surface area contributed by atoms with Crippen molar-refractivity contribution in [3.05, 3.63) is 180 Å². The third kappa shape index (κ3) is 4.42. The van der Waals surface area contributed by atoms with E-state index in [0.717, 1.165) is 78.1 Å². The lowest BCUT2D eigenvalue weighted by Gasteiger charge is -2.13. The predicted octanol–water partition coefficient (Wildman–Crippen LogP) is 11.6. The minimum absolute atomic E-state index is 0.483. The number of aliphatic imine (C=N–C) groups is 1. The van der Waals surface area contributed by atoms with Gasteiger partial charge in [0.25, 0.3) is 0 Å². The van der Waals surface area contributed by atoms with Crippen molar-refractivity contribution in [2.45, 2.75) is 6.42 Å². The molecule has 2 heterocycles. The molecule has 10 aromatic rings. The van der Waals surface area contributed by atoms with Crippen LogP contribution in [0.25, 0.3) is 71.0 Å². The molecule has 0 saturated carbocycles. The van der Waals surface area contributed by atoms with Crippen molar-refractivity contribution in [2.75, 3.05) is 0 Å². The number of nitrogens with two attached hydrogens (primary N) is 1. The maximum absolute atomic E-state index is 6.80. The zero-order valence-corrected chi connectivity index (χ0v) is 27.2. The fourth-order valence-electron chi connectivity index (χ4n) is 7.72. The first-order valence-corrected chi connectivity index (χ1v) is 17.0. The Kier molecular flexibility index (Phi) is 6.36. The number of aromatic nitrogens is 1. The van der Waals surface area contributed by atoms with Gasteiger partial charge in [-0.15, -0.1) is 0 Å². The standard InChI is InChI=1S/C46H31N3O/c47-46(48-40-18-7-4-13-31(40)27-29-11-2-1-3-12-29)32-14-10-15-33(28-32)49-41-19-8-5-16-34(41)37-26-25-36-38(44(37)49)23-21-30-22-24-39-35-17-6-9-20-42(35)50-45(39)43(30)36/h1-26,28H,27H2,(H2,47,48). The average Bonchev–Trinajstić information content (AvgIpc) is 3.72. The smallest absolute Gasteiger partial charge is 0.143 e. The maximum Gasteiger partial charge on any atom is 0.143 e. The van der Waals surface area contributed by atoms with Gasteiger partial charge in [0.1, 0.15) is 17.0 Å². The highest BCUT2D eigenvalue weighted by molar-refractivity contribution is 6.28. The summed E-state index contributed by atoms with van der Waals surface area (Å²) in [5, 5.41) is 9.29. The van der Waals surface area contributed by atoms with Crippen LogP contribution < -0.4 is 5.73 Å². The first kappa shape index (κ1) is 28.4. The molecule has 10 rings (SSSR count). The second-order valence-electron chi connectivity index (χ2n) is 13.0. The van der Waals surface area contributed by atoms with Crippen molar-refractivity contribution < 1.29 is 4.42 Å². The number of fused-ring (bicyclic) bond motifs is 11. The molecule has 0 spiro atoms. The Morgan fingerprint density at radius 2 is 1.28 bits per heavy atom. The Balaban J connectivity index is 1.18. The van der Waals surface area contributed by atoms with E-state index in [1.54, 1.807) is 0 Å². The molecule has 4 nitrogen and oxygen atoms in total. The van der Waals surface area contributed by atoms with Crippen LogP contribution in [0.2, 0.25) is 0 Å². The van der Waals surface area contributed by atoms with Crippen molar-refractivity contribution >= 4 is 76.8 Å². The van der Waals surface area contributed by atoms with E-state index in [1.807, 2.05) is 36.4 Å². The molecule has 0 fully saturated rings. The molecule has 236 valence electrons. The normalized spacial score (nSPS) is 12.3. The minimum Gasteiger partial charge on any atom is -0.455 e. The molecule has 0 aliphatic heterocycles. The molecule has 0 unspecified atom stereocenters. The highest BCUT2D eigenvalue weighted by Gasteiger charge is 2.19. The summed E-state index contributed by atoms with van der Waals surface area (Å²) in [5.41, 5.74) is 16.1. The summed E-state index contributed by atoms with van der Waals surface area (Å²) in [5.74, 6) is 0.483. The molecule has 0 atom stereocenters. The molecular formula is C46H31N3O. The Morgan fingerprint density at radius 1 is 0.580 bits per heavy atom. The highest BCUT2D eigenvalue weighted by Crippen LogP contribution is 2.42. The van der Waals surface area contributed by atoms with Crippen LogP contribution in [0.15, 0.2) is 173 Å². The SMILES string of the molecule is NC(=Nc1ccccc1Cc1ccccc1)c1cccc(-n2c3ccccc3c3ccc4c(ccc5ccc6c7ccccc7oc6c54)c32)c1. The van der Waals surface area contributed by atoms with Crippen LogP contribution in [-0.4, -0.2) is 10.4 Å². The highest BCUT2D eigenvalue weighted by atomic mass is 16.3. The average molecular weight is 642 g/mol. The summed E-state index contributed by atoms with van der Waals surface area (Å²) >= 11 is 0. The number of hydrogen-bond acceptors (Lipinski definition) is 2. The second-order valence-corrected chi connectivity index (χ2v) is 13.0. The Hall–Kier alpha value is -6.65. The number of nitrogens with zero attached hydrogens (tertiary/aromatic N) is 2. The lowest BCUT2D eigenvalue weighted by Crippen LogP contribution is -2.13. The summed E-state index contributed by atoms with van der Waals surface area (Å²) in [6.45, 7) is 0. The van der Waals surface area contributed by atoms with E-state index in [0.29, 0.717) is 5.84 Å². The topological polar surface area (TPSA) is 56.4 Å². The molecule has 50 heavy (non-hydrogen) atoms. The predicted molar refractivity (Wildman–Crippen MR) is 209 cm³/mol. The summed E-state index contributed by atoms with van der Waals surface area (Å²) < 4.78 is 8.93. The number of para-hydroxylation sites is 3. The Labute approximate surface area is 288 Å². The zero-order valence-electron chi connectivity index (χ0n) is 27.2. The largest absolute Gasteiger partial charge is 0.455 e. The van der Waals surface area contributed by atoms with Gasteiger partial charge >= 0.3 is 0 Å². The molecule has 0 bridgehead atoms. The monoisotopic (exact) mass is 641 g/mol. The number of rotatable bonds is 5. The number of furan rings is 1. The fraction of sp³-hybridized carbons (Fsp3) is 0.0217. The molecule has 0 amide bonds. The van der Waals surface area contributed by atoms with Crippen LogP contribution in [0.4, 0.5) is 5.69 Å². The van der Waals surface area contributed by atoms with Gasteiger partial charge < -0.3 is 14.7 Å². The molecule has 0 aliphatic carbocycles. The lowest BCUT2D eigenvalue weighted by molar-refractivity contribution is 0.673.